The Kier molecular flexibility index (Phi) is 2.97. The van der Waals surface area contributed by atoms with E-state index >= 15 is 0 Å². The molecule has 0 unspecified atom stereocenters. The van der Waals surface area contributed by atoms with Crippen molar-refractivity contribution in [3.05, 3.63) is 0 Å². The van der Waals surface area contributed by atoms with Gasteiger partial charge in [0.15, 0.2) is 0 Å². The van der Waals surface area contributed by atoms with E-state index in [1.165, 1.54) is 51.4 Å². The SMILES string of the molecule is NC1CCC(C2(C3CCCC3)COC2)CC1. The molecule has 0 spiro atoms. The van der Waals surface area contributed by atoms with E-state index in [4.69, 9.17) is 10.5 Å². The number of ether oxygens (including phenoxy) is 1. The molecule has 2 saturated carbocycles. The first-order valence-corrected chi connectivity index (χ1v) is 7.14. The van der Waals surface area contributed by atoms with Crippen LogP contribution in [0.2, 0.25) is 0 Å². The van der Waals surface area contributed by atoms with Gasteiger partial charge in [0.1, 0.15) is 0 Å². The van der Waals surface area contributed by atoms with Crippen molar-refractivity contribution in [3.63, 3.8) is 0 Å². The van der Waals surface area contributed by atoms with Gasteiger partial charge in [0, 0.05) is 11.5 Å². The Morgan fingerprint density at radius 3 is 1.88 bits per heavy atom. The number of rotatable bonds is 2. The summed E-state index contributed by atoms with van der Waals surface area (Å²) in [5.74, 6) is 1.89. The van der Waals surface area contributed by atoms with Crippen molar-refractivity contribution >= 4 is 0 Å². The van der Waals surface area contributed by atoms with E-state index in [1.807, 2.05) is 0 Å². The molecule has 1 saturated heterocycles. The van der Waals surface area contributed by atoms with Crippen LogP contribution in [0.25, 0.3) is 0 Å². The summed E-state index contributed by atoms with van der Waals surface area (Å²) >= 11 is 0. The van der Waals surface area contributed by atoms with Gasteiger partial charge in [-0.15, -0.1) is 0 Å². The van der Waals surface area contributed by atoms with E-state index in [0.717, 1.165) is 25.0 Å². The van der Waals surface area contributed by atoms with Gasteiger partial charge in [-0.2, -0.15) is 0 Å². The Bertz CT molecular complexity index is 235. The lowest BCUT2D eigenvalue weighted by atomic mass is 9.60. The second-order valence-corrected chi connectivity index (χ2v) is 6.32. The topological polar surface area (TPSA) is 35.2 Å². The van der Waals surface area contributed by atoms with Crippen LogP contribution in [0, 0.1) is 17.3 Å². The molecule has 1 aliphatic heterocycles. The minimum Gasteiger partial charge on any atom is -0.380 e. The van der Waals surface area contributed by atoms with Gasteiger partial charge in [-0.25, -0.2) is 0 Å². The molecule has 2 nitrogen and oxygen atoms in total. The first-order valence-electron chi connectivity index (χ1n) is 7.14. The van der Waals surface area contributed by atoms with Crippen LogP contribution >= 0.6 is 0 Å². The van der Waals surface area contributed by atoms with E-state index in [1.54, 1.807) is 0 Å². The third-order valence-electron chi connectivity index (χ3n) is 5.49. The van der Waals surface area contributed by atoms with E-state index in [-0.39, 0.29) is 0 Å². The van der Waals surface area contributed by atoms with Gasteiger partial charge in [0.25, 0.3) is 0 Å². The number of nitrogens with two attached hydrogens (primary N) is 1. The van der Waals surface area contributed by atoms with E-state index in [0.29, 0.717) is 11.5 Å². The van der Waals surface area contributed by atoms with E-state index < -0.39 is 0 Å². The molecule has 0 aromatic rings. The molecule has 3 aliphatic rings. The minimum atomic E-state index is 0.484. The Hall–Kier alpha value is -0.0800. The maximum Gasteiger partial charge on any atom is 0.0550 e. The first kappa shape index (κ1) is 11.0. The Morgan fingerprint density at radius 1 is 0.812 bits per heavy atom. The molecule has 2 N–H and O–H groups in total. The average Bonchev–Trinajstić information content (AvgIpc) is 2.73. The Balaban J connectivity index is 1.69. The van der Waals surface area contributed by atoms with Crippen LogP contribution in [0.1, 0.15) is 51.4 Å². The van der Waals surface area contributed by atoms with Gasteiger partial charge >= 0.3 is 0 Å². The standard InChI is InChI=1S/C14H25NO/c15-13-7-5-12(6-8-13)14(9-16-10-14)11-3-1-2-4-11/h11-13H,1-10,15H2. The fourth-order valence-corrected chi connectivity index (χ4v) is 4.34. The maximum absolute atomic E-state index is 6.02. The fraction of sp³-hybridized carbons (Fsp3) is 1.00. The molecule has 3 fully saturated rings. The smallest absolute Gasteiger partial charge is 0.0550 e. The van der Waals surface area contributed by atoms with Gasteiger partial charge in [-0.1, -0.05) is 12.8 Å². The van der Waals surface area contributed by atoms with Gasteiger partial charge in [0.05, 0.1) is 13.2 Å². The summed E-state index contributed by atoms with van der Waals surface area (Å²) in [7, 11) is 0. The van der Waals surface area contributed by atoms with Crippen molar-refractivity contribution in [2.45, 2.75) is 57.4 Å². The lowest BCUT2D eigenvalue weighted by Gasteiger charge is -2.53. The maximum atomic E-state index is 6.02. The molecule has 0 atom stereocenters. The zero-order valence-electron chi connectivity index (χ0n) is 10.3. The van der Waals surface area contributed by atoms with Crippen LogP contribution in [-0.2, 0) is 4.74 Å². The molecular weight excluding hydrogens is 198 g/mol. The summed E-state index contributed by atoms with van der Waals surface area (Å²) in [5.41, 5.74) is 6.60. The fourth-order valence-electron chi connectivity index (χ4n) is 4.34. The van der Waals surface area contributed by atoms with Crippen LogP contribution in [0.5, 0.6) is 0 Å². The predicted octanol–water partition coefficient (Wildman–Crippen LogP) is 2.71. The van der Waals surface area contributed by atoms with Crippen LogP contribution in [-0.4, -0.2) is 19.3 Å². The van der Waals surface area contributed by atoms with Crippen molar-refractivity contribution in [1.29, 1.82) is 0 Å². The van der Waals surface area contributed by atoms with Gasteiger partial charge in [-0.05, 0) is 50.4 Å². The lowest BCUT2D eigenvalue weighted by Crippen LogP contribution is -2.54. The molecule has 0 aromatic heterocycles. The molecule has 92 valence electrons. The molecular formula is C14H25NO. The highest BCUT2D eigenvalue weighted by Crippen LogP contribution is 2.53. The molecule has 0 bridgehead atoms. The molecule has 3 rings (SSSR count). The van der Waals surface area contributed by atoms with Gasteiger partial charge in [0.2, 0.25) is 0 Å². The lowest BCUT2D eigenvalue weighted by molar-refractivity contribution is -0.183. The van der Waals surface area contributed by atoms with Crippen LogP contribution in [0.4, 0.5) is 0 Å². The van der Waals surface area contributed by atoms with Crippen LogP contribution < -0.4 is 5.73 Å². The number of hydrogen-bond donors (Lipinski definition) is 1. The predicted molar refractivity (Wildman–Crippen MR) is 65.1 cm³/mol. The highest BCUT2D eigenvalue weighted by atomic mass is 16.5. The summed E-state index contributed by atoms with van der Waals surface area (Å²) in [5, 5.41) is 0. The molecule has 2 aliphatic carbocycles. The van der Waals surface area contributed by atoms with Crippen molar-refractivity contribution in [2.75, 3.05) is 13.2 Å². The van der Waals surface area contributed by atoms with Crippen LogP contribution in [0.3, 0.4) is 0 Å². The highest BCUT2D eigenvalue weighted by molar-refractivity contribution is 5.00. The third-order valence-corrected chi connectivity index (χ3v) is 5.49. The molecule has 2 heteroatoms. The van der Waals surface area contributed by atoms with Crippen molar-refractivity contribution in [1.82, 2.24) is 0 Å². The van der Waals surface area contributed by atoms with Crippen molar-refractivity contribution in [3.8, 4) is 0 Å². The average molecular weight is 223 g/mol. The first-order chi connectivity index (χ1) is 7.81. The summed E-state index contributed by atoms with van der Waals surface area (Å²) < 4.78 is 5.60. The highest BCUT2D eigenvalue weighted by Gasteiger charge is 2.51. The van der Waals surface area contributed by atoms with E-state index in [9.17, 15) is 0 Å². The summed E-state index contributed by atoms with van der Waals surface area (Å²) in [6.07, 6.45) is 11.1. The number of hydrogen-bond acceptors (Lipinski definition) is 2. The molecule has 1 heterocycles. The summed E-state index contributed by atoms with van der Waals surface area (Å²) in [6.45, 7) is 2.11. The monoisotopic (exact) mass is 223 g/mol. The van der Waals surface area contributed by atoms with Crippen molar-refractivity contribution in [2.24, 2.45) is 23.0 Å². The van der Waals surface area contributed by atoms with Gasteiger partial charge in [-0.3, -0.25) is 0 Å². The Labute approximate surface area is 98.9 Å². The largest absolute Gasteiger partial charge is 0.380 e. The molecule has 16 heavy (non-hydrogen) atoms. The summed E-state index contributed by atoms with van der Waals surface area (Å²) in [4.78, 5) is 0. The zero-order chi connectivity index (χ0) is 11.0. The molecule has 0 radical (unpaired) electrons. The second-order valence-electron chi connectivity index (χ2n) is 6.32. The molecule has 0 amide bonds. The Morgan fingerprint density at radius 2 is 1.38 bits per heavy atom. The van der Waals surface area contributed by atoms with Gasteiger partial charge < -0.3 is 10.5 Å². The molecule has 0 aromatic carbocycles. The van der Waals surface area contributed by atoms with Crippen molar-refractivity contribution < 1.29 is 4.74 Å². The van der Waals surface area contributed by atoms with E-state index in [2.05, 4.69) is 0 Å². The quantitative estimate of drug-likeness (QED) is 0.781. The third kappa shape index (κ3) is 1.70. The zero-order valence-corrected chi connectivity index (χ0v) is 10.3. The summed E-state index contributed by atoms with van der Waals surface area (Å²) in [6, 6.07) is 0.484. The van der Waals surface area contributed by atoms with Crippen LogP contribution in [0.15, 0.2) is 0 Å². The normalized spacial score (nSPS) is 39.6. The second kappa shape index (κ2) is 4.30. The minimum absolute atomic E-state index is 0.484.